The van der Waals surface area contributed by atoms with Crippen LogP contribution in [0.15, 0.2) is 11.4 Å². The minimum Gasteiger partial charge on any atom is -0.384 e. The van der Waals surface area contributed by atoms with Crippen LogP contribution in [0.25, 0.3) is 0 Å². The third-order valence-electron chi connectivity index (χ3n) is 3.50. The van der Waals surface area contributed by atoms with Crippen molar-refractivity contribution in [1.82, 2.24) is 0 Å². The lowest BCUT2D eigenvalue weighted by Crippen LogP contribution is -2.36. The molecule has 2 heteroatoms. The maximum atomic E-state index is 10.8. The molecule has 1 N–H and O–H groups in total. The average Bonchev–Trinajstić information content (AvgIpc) is 2.49. The summed E-state index contributed by atoms with van der Waals surface area (Å²) in [6, 6.07) is 2.11. The van der Waals surface area contributed by atoms with E-state index in [1.807, 2.05) is 0 Å². The highest BCUT2D eigenvalue weighted by atomic mass is 32.1. The molecular formula is C13H20OS. The molecule has 0 aliphatic heterocycles. The van der Waals surface area contributed by atoms with Crippen molar-refractivity contribution in [2.24, 2.45) is 5.41 Å². The van der Waals surface area contributed by atoms with E-state index in [1.165, 1.54) is 16.9 Å². The largest absolute Gasteiger partial charge is 0.384 e. The summed E-state index contributed by atoms with van der Waals surface area (Å²) in [7, 11) is 0. The molecule has 0 aromatic carbocycles. The Morgan fingerprint density at radius 1 is 1.33 bits per heavy atom. The van der Waals surface area contributed by atoms with E-state index in [2.05, 4.69) is 32.2 Å². The van der Waals surface area contributed by atoms with Crippen LogP contribution in [0.5, 0.6) is 0 Å². The van der Waals surface area contributed by atoms with Crippen molar-refractivity contribution < 1.29 is 5.11 Å². The molecule has 0 radical (unpaired) electrons. The van der Waals surface area contributed by atoms with E-state index >= 15 is 0 Å². The maximum Gasteiger partial charge on any atom is 0.0995 e. The predicted molar refractivity (Wildman–Crippen MR) is 65.2 cm³/mol. The lowest BCUT2D eigenvalue weighted by molar-refractivity contribution is -0.0415. The molecule has 0 saturated heterocycles. The first-order valence-corrected chi connectivity index (χ1v) is 6.58. The molecule has 1 heterocycles. The van der Waals surface area contributed by atoms with Gasteiger partial charge in [0.1, 0.15) is 0 Å². The molecule has 1 aliphatic carbocycles. The van der Waals surface area contributed by atoms with Gasteiger partial charge in [-0.15, -0.1) is 11.3 Å². The van der Waals surface area contributed by atoms with E-state index < -0.39 is 5.60 Å². The number of hydrogen-bond donors (Lipinski definition) is 1. The van der Waals surface area contributed by atoms with Gasteiger partial charge in [-0.25, -0.2) is 0 Å². The van der Waals surface area contributed by atoms with Crippen LogP contribution in [0.4, 0.5) is 0 Å². The number of rotatable bonds is 1. The van der Waals surface area contributed by atoms with Crippen molar-refractivity contribution >= 4 is 11.3 Å². The van der Waals surface area contributed by atoms with Gasteiger partial charge in [0.05, 0.1) is 5.60 Å². The van der Waals surface area contributed by atoms with Gasteiger partial charge in [-0.2, -0.15) is 0 Å². The Hall–Kier alpha value is -0.340. The summed E-state index contributed by atoms with van der Waals surface area (Å²) in [6.45, 7) is 6.63. The minimum atomic E-state index is -0.556. The molecule has 1 atom stereocenters. The first-order chi connectivity index (χ1) is 6.93. The van der Waals surface area contributed by atoms with Gasteiger partial charge >= 0.3 is 0 Å². The average molecular weight is 224 g/mol. The first-order valence-electron chi connectivity index (χ1n) is 5.70. The van der Waals surface area contributed by atoms with Crippen LogP contribution in [0.2, 0.25) is 0 Å². The molecule has 1 fully saturated rings. The van der Waals surface area contributed by atoms with Crippen LogP contribution in [0.1, 0.15) is 50.0 Å². The quantitative estimate of drug-likeness (QED) is 0.768. The maximum absolute atomic E-state index is 10.8. The van der Waals surface area contributed by atoms with Gasteiger partial charge in [-0.05, 0) is 55.0 Å². The van der Waals surface area contributed by atoms with Gasteiger partial charge in [-0.3, -0.25) is 0 Å². The smallest absolute Gasteiger partial charge is 0.0995 e. The minimum absolute atomic E-state index is 0.281. The molecule has 0 spiro atoms. The van der Waals surface area contributed by atoms with Crippen molar-refractivity contribution in [3.63, 3.8) is 0 Å². The van der Waals surface area contributed by atoms with Crippen LogP contribution in [-0.4, -0.2) is 5.11 Å². The van der Waals surface area contributed by atoms with Crippen molar-refractivity contribution in [2.45, 2.75) is 52.1 Å². The van der Waals surface area contributed by atoms with E-state index in [0.717, 1.165) is 19.3 Å². The van der Waals surface area contributed by atoms with Crippen molar-refractivity contribution in [2.75, 3.05) is 0 Å². The molecule has 2 rings (SSSR count). The molecule has 0 amide bonds. The third kappa shape index (κ3) is 2.11. The van der Waals surface area contributed by atoms with Gasteiger partial charge in [0.2, 0.25) is 0 Å². The molecule has 1 unspecified atom stereocenters. The molecule has 1 aromatic heterocycles. The van der Waals surface area contributed by atoms with Crippen LogP contribution in [-0.2, 0) is 5.60 Å². The molecule has 1 aliphatic rings. The zero-order chi connectivity index (χ0) is 11.1. The topological polar surface area (TPSA) is 20.2 Å². The molecular weight excluding hydrogens is 204 g/mol. The predicted octanol–water partition coefficient (Wildman–Crippen LogP) is 3.84. The van der Waals surface area contributed by atoms with Gasteiger partial charge in [-0.1, -0.05) is 13.8 Å². The summed E-state index contributed by atoms with van der Waals surface area (Å²) < 4.78 is 0. The van der Waals surface area contributed by atoms with E-state index in [4.69, 9.17) is 0 Å². The van der Waals surface area contributed by atoms with Crippen molar-refractivity contribution in [3.8, 4) is 0 Å². The summed E-state index contributed by atoms with van der Waals surface area (Å²) in [5.74, 6) is 0. The Labute approximate surface area is 96.1 Å². The van der Waals surface area contributed by atoms with Crippen molar-refractivity contribution in [1.29, 1.82) is 0 Å². The molecule has 15 heavy (non-hydrogen) atoms. The Kier molecular flexibility index (Phi) is 2.68. The normalized spacial score (nSPS) is 30.4. The summed E-state index contributed by atoms with van der Waals surface area (Å²) in [5, 5.41) is 12.8. The summed E-state index contributed by atoms with van der Waals surface area (Å²) in [6.07, 6.45) is 4.21. The number of aliphatic hydroxyl groups is 1. The highest BCUT2D eigenvalue weighted by molar-refractivity contribution is 7.10. The Morgan fingerprint density at radius 3 is 2.60 bits per heavy atom. The summed E-state index contributed by atoms with van der Waals surface area (Å²) in [4.78, 5) is 1.19. The number of thiophene rings is 1. The van der Waals surface area contributed by atoms with Crippen LogP contribution in [0.3, 0.4) is 0 Å². The second-order valence-electron chi connectivity index (χ2n) is 5.66. The number of hydrogen-bond acceptors (Lipinski definition) is 2. The lowest BCUT2D eigenvalue weighted by Gasteiger charge is -2.41. The fraction of sp³-hybridized carbons (Fsp3) is 0.692. The summed E-state index contributed by atoms with van der Waals surface area (Å²) in [5.41, 5.74) is 0.976. The fourth-order valence-electron chi connectivity index (χ4n) is 2.87. The second kappa shape index (κ2) is 3.60. The van der Waals surface area contributed by atoms with Gasteiger partial charge in [0, 0.05) is 4.88 Å². The van der Waals surface area contributed by atoms with Gasteiger partial charge in [0.15, 0.2) is 0 Å². The Balaban J connectivity index is 2.31. The lowest BCUT2D eigenvalue weighted by atomic mass is 9.69. The van der Waals surface area contributed by atoms with Crippen LogP contribution >= 0.6 is 11.3 Å². The SMILES string of the molecule is Cc1ccsc1C1(O)CCCC(C)(C)C1. The Morgan fingerprint density at radius 2 is 2.07 bits per heavy atom. The van der Waals surface area contributed by atoms with Gasteiger partial charge in [0.25, 0.3) is 0 Å². The first kappa shape index (κ1) is 11.2. The zero-order valence-electron chi connectivity index (χ0n) is 9.84. The fourth-order valence-corrected chi connectivity index (χ4v) is 3.93. The van der Waals surface area contributed by atoms with E-state index in [-0.39, 0.29) is 5.41 Å². The molecule has 1 aromatic rings. The highest BCUT2D eigenvalue weighted by Gasteiger charge is 2.41. The van der Waals surface area contributed by atoms with Crippen LogP contribution in [0, 0.1) is 12.3 Å². The van der Waals surface area contributed by atoms with Crippen molar-refractivity contribution in [3.05, 3.63) is 21.9 Å². The summed E-state index contributed by atoms with van der Waals surface area (Å²) >= 11 is 1.71. The molecule has 0 bridgehead atoms. The standard InChI is InChI=1S/C13H20OS/c1-10-5-8-15-11(10)13(14)7-4-6-12(2,3)9-13/h5,8,14H,4,6-7,9H2,1-3H3. The second-order valence-corrected chi connectivity index (χ2v) is 6.57. The Bertz CT molecular complexity index is 353. The highest BCUT2D eigenvalue weighted by Crippen LogP contribution is 2.48. The van der Waals surface area contributed by atoms with Gasteiger partial charge < -0.3 is 5.11 Å². The zero-order valence-corrected chi connectivity index (χ0v) is 10.7. The molecule has 1 saturated carbocycles. The van der Waals surface area contributed by atoms with E-state index in [0.29, 0.717) is 0 Å². The third-order valence-corrected chi connectivity index (χ3v) is 4.71. The molecule has 84 valence electrons. The van der Waals surface area contributed by atoms with E-state index in [9.17, 15) is 5.11 Å². The molecule has 1 nitrogen and oxygen atoms in total. The number of aryl methyl sites for hydroxylation is 1. The van der Waals surface area contributed by atoms with Crippen LogP contribution < -0.4 is 0 Å². The van der Waals surface area contributed by atoms with E-state index in [1.54, 1.807) is 11.3 Å². The monoisotopic (exact) mass is 224 g/mol.